The molecule has 104 valence electrons. The number of nitrogens with zero attached hydrogens (tertiary/aromatic N) is 3. The van der Waals surface area contributed by atoms with Crippen molar-refractivity contribution in [2.45, 2.75) is 43.9 Å². The predicted molar refractivity (Wildman–Crippen MR) is 78.5 cm³/mol. The van der Waals surface area contributed by atoms with Crippen molar-refractivity contribution in [1.82, 2.24) is 9.97 Å². The minimum atomic E-state index is -0.165. The van der Waals surface area contributed by atoms with Gasteiger partial charge >= 0.3 is 0 Å². The van der Waals surface area contributed by atoms with Crippen LogP contribution in [-0.4, -0.2) is 33.3 Å². The minimum absolute atomic E-state index is 0.165. The van der Waals surface area contributed by atoms with E-state index in [4.69, 9.17) is 5.73 Å². The molecular weight excluding hydrogens is 252 g/mol. The summed E-state index contributed by atoms with van der Waals surface area (Å²) in [5, 5.41) is 10.9. The van der Waals surface area contributed by atoms with Gasteiger partial charge in [0.25, 0.3) is 0 Å². The van der Waals surface area contributed by atoms with Crippen molar-refractivity contribution >= 4 is 22.4 Å². The summed E-state index contributed by atoms with van der Waals surface area (Å²) >= 11 is 0. The quantitative estimate of drug-likeness (QED) is 0.771. The lowest BCUT2D eigenvalue weighted by Crippen LogP contribution is -2.45. The number of aliphatic hydroxyl groups is 1. The minimum Gasteiger partial charge on any atom is -0.399 e. The summed E-state index contributed by atoms with van der Waals surface area (Å²) in [6.45, 7) is 0. The van der Waals surface area contributed by atoms with Gasteiger partial charge in [-0.15, -0.1) is 0 Å². The molecule has 0 amide bonds. The predicted octanol–water partition coefficient (Wildman–Crippen LogP) is 1.70. The Morgan fingerprint density at radius 2 is 1.90 bits per heavy atom. The van der Waals surface area contributed by atoms with E-state index in [1.54, 1.807) is 6.33 Å². The number of piperidine rings is 1. The van der Waals surface area contributed by atoms with E-state index in [1.807, 2.05) is 18.2 Å². The second-order valence-electron chi connectivity index (χ2n) is 5.89. The van der Waals surface area contributed by atoms with Crippen molar-refractivity contribution in [3.63, 3.8) is 0 Å². The zero-order valence-corrected chi connectivity index (χ0v) is 11.2. The Kier molecular flexibility index (Phi) is 2.57. The summed E-state index contributed by atoms with van der Waals surface area (Å²) in [6, 6.07) is 6.55. The number of hydrogen-bond donors (Lipinski definition) is 2. The van der Waals surface area contributed by atoms with Crippen LogP contribution < -0.4 is 10.6 Å². The average Bonchev–Trinajstić information content (AvgIpc) is 2.70. The lowest BCUT2D eigenvalue weighted by Gasteiger charge is -2.38. The van der Waals surface area contributed by atoms with Gasteiger partial charge < -0.3 is 15.7 Å². The summed E-state index contributed by atoms with van der Waals surface area (Å²) in [5.41, 5.74) is 7.58. The van der Waals surface area contributed by atoms with Gasteiger partial charge in [0.15, 0.2) is 0 Å². The number of fused-ring (bicyclic) bond motifs is 3. The summed E-state index contributed by atoms with van der Waals surface area (Å²) in [7, 11) is 0. The SMILES string of the molecule is Nc1ccc2ncnc(N3C4CCC3CC(O)C4)c2c1. The Hall–Kier alpha value is -1.88. The van der Waals surface area contributed by atoms with Gasteiger partial charge in [0, 0.05) is 23.2 Å². The third-order valence-electron chi connectivity index (χ3n) is 4.59. The Balaban J connectivity index is 1.85. The average molecular weight is 270 g/mol. The van der Waals surface area contributed by atoms with E-state index in [9.17, 15) is 5.11 Å². The van der Waals surface area contributed by atoms with Crippen LogP contribution in [0, 0.1) is 0 Å². The lowest BCUT2D eigenvalue weighted by atomic mass is 9.99. The smallest absolute Gasteiger partial charge is 0.140 e. The molecule has 2 aliphatic heterocycles. The summed E-state index contributed by atoms with van der Waals surface area (Å²) in [6.07, 6.45) is 5.40. The van der Waals surface area contributed by atoms with E-state index >= 15 is 0 Å². The summed E-state index contributed by atoms with van der Waals surface area (Å²) in [5.74, 6) is 0.974. The molecule has 20 heavy (non-hydrogen) atoms. The van der Waals surface area contributed by atoms with Crippen molar-refractivity contribution in [1.29, 1.82) is 0 Å². The Labute approximate surface area is 117 Å². The van der Waals surface area contributed by atoms with Gasteiger partial charge in [0.2, 0.25) is 0 Å². The van der Waals surface area contributed by atoms with E-state index in [-0.39, 0.29) is 6.10 Å². The number of aromatic nitrogens is 2. The highest BCUT2D eigenvalue weighted by atomic mass is 16.3. The van der Waals surface area contributed by atoms with Gasteiger partial charge in [-0.1, -0.05) is 0 Å². The third kappa shape index (κ3) is 1.73. The zero-order chi connectivity index (χ0) is 13.7. The Bertz CT molecular complexity index is 645. The van der Waals surface area contributed by atoms with Crippen LogP contribution in [0.5, 0.6) is 0 Å². The maximum Gasteiger partial charge on any atom is 0.140 e. The first-order valence-electron chi connectivity index (χ1n) is 7.19. The zero-order valence-electron chi connectivity index (χ0n) is 11.2. The normalized spacial score (nSPS) is 29.1. The number of nitrogens with two attached hydrogens (primary N) is 1. The Morgan fingerprint density at radius 3 is 2.65 bits per heavy atom. The molecule has 2 aromatic rings. The largest absolute Gasteiger partial charge is 0.399 e. The van der Waals surface area contributed by atoms with Gasteiger partial charge in [0.1, 0.15) is 12.1 Å². The maximum atomic E-state index is 9.93. The van der Waals surface area contributed by atoms with Gasteiger partial charge in [-0.2, -0.15) is 0 Å². The number of benzene rings is 1. The van der Waals surface area contributed by atoms with Gasteiger partial charge in [0.05, 0.1) is 11.6 Å². The van der Waals surface area contributed by atoms with Crippen LogP contribution in [0.4, 0.5) is 11.5 Å². The van der Waals surface area contributed by atoms with Crippen LogP contribution >= 0.6 is 0 Å². The molecule has 5 heteroatoms. The fourth-order valence-electron chi connectivity index (χ4n) is 3.76. The first-order chi connectivity index (χ1) is 9.72. The molecule has 2 atom stereocenters. The highest BCUT2D eigenvalue weighted by molar-refractivity contribution is 5.92. The molecule has 2 saturated heterocycles. The standard InChI is InChI=1S/C15H18N4O/c16-9-1-4-14-13(5-9)15(18-8-17-14)19-10-2-3-11(19)7-12(20)6-10/h1,4-5,8,10-12,20H,2-3,6-7,16H2. The van der Waals surface area contributed by atoms with Crippen molar-refractivity contribution < 1.29 is 5.11 Å². The number of aliphatic hydroxyl groups excluding tert-OH is 1. The van der Waals surface area contributed by atoms with Crippen LogP contribution in [0.3, 0.4) is 0 Å². The molecule has 1 aromatic carbocycles. The monoisotopic (exact) mass is 270 g/mol. The van der Waals surface area contributed by atoms with E-state index in [0.29, 0.717) is 12.1 Å². The molecule has 1 aromatic heterocycles. The summed E-state index contributed by atoms with van der Waals surface area (Å²) in [4.78, 5) is 11.2. The highest BCUT2D eigenvalue weighted by Gasteiger charge is 2.41. The topological polar surface area (TPSA) is 75.3 Å². The molecule has 3 heterocycles. The molecule has 0 saturated carbocycles. The molecule has 3 N–H and O–H groups in total. The van der Waals surface area contributed by atoms with Crippen LogP contribution in [0.1, 0.15) is 25.7 Å². The first kappa shape index (κ1) is 11.9. The number of hydrogen-bond acceptors (Lipinski definition) is 5. The fraction of sp³-hybridized carbons (Fsp3) is 0.467. The molecule has 2 unspecified atom stereocenters. The number of anilines is 2. The van der Waals surface area contributed by atoms with Gasteiger partial charge in [-0.25, -0.2) is 9.97 Å². The second-order valence-corrected chi connectivity index (χ2v) is 5.89. The molecule has 0 spiro atoms. The molecule has 5 nitrogen and oxygen atoms in total. The third-order valence-corrected chi connectivity index (χ3v) is 4.59. The maximum absolute atomic E-state index is 9.93. The molecular formula is C15H18N4O. The number of nitrogen functional groups attached to an aromatic ring is 1. The fourth-order valence-corrected chi connectivity index (χ4v) is 3.76. The summed E-state index contributed by atoms with van der Waals surface area (Å²) < 4.78 is 0. The molecule has 0 aliphatic carbocycles. The van der Waals surface area contributed by atoms with Gasteiger partial charge in [-0.3, -0.25) is 0 Å². The van der Waals surface area contributed by atoms with Crippen LogP contribution in [0.25, 0.3) is 10.9 Å². The van der Waals surface area contributed by atoms with Crippen LogP contribution in [0.15, 0.2) is 24.5 Å². The first-order valence-corrected chi connectivity index (χ1v) is 7.19. The molecule has 4 rings (SSSR count). The van der Waals surface area contributed by atoms with Crippen molar-refractivity contribution in [2.75, 3.05) is 10.6 Å². The molecule has 0 radical (unpaired) electrons. The van der Waals surface area contributed by atoms with Gasteiger partial charge in [-0.05, 0) is 43.9 Å². The highest BCUT2D eigenvalue weighted by Crippen LogP contribution is 2.40. The lowest BCUT2D eigenvalue weighted by molar-refractivity contribution is 0.126. The van der Waals surface area contributed by atoms with E-state index < -0.39 is 0 Å². The second kappa shape index (κ2) is 4.31. The van der Waals surface area contributed by atoms with E-state index in [2.05, 4.69) is 14.9 Å². The van der Waals surface area contributed by atoms with Crippen LogP contribution in [0.2, 0.25) is 0 Å². The van der Waals surface area contributed by atoms with Crippen LogP contribution in [-0.2, 0) is 0 Å². The van der Waals surface area contributed by atoms with E-state index in [1.165, 1.54) is 0 Å². The van der Waals surface area contributed by atoms with Crippen molar-refractivity contribution in [2.24, 2.45) is 0 Å². The van der Waals surface area contributed by atoms with Crippen molar-refractivity contribution in [3.8, 4) is 0 Å². The van der Waals surface area contributed by atoms with E-state index in [0.717, 1.165) is 48.1 Å². The molecule has 2 bridgehead atoms. The van der Waals surface area contributed by atoms with Crippen molar-refractivity contribution in [3.05, 3.63) is 24.5 Å². The number of rotatable bonds is 1. The molecule has 2 fully saturated rings. The molecule has 2 aliphatic rings. The Morgan fingerprint density at radius 1 is 1.15 bits per heavy atom.